The molecule has 4 aliphatic carbocycles. The molecule has 0 amide bonds. The first kappa shape index (κ1) is 73.3. The number of fused-ring (bicyclic) bond motifs is 12. The van der Waals surface area contributed by atoms with E-state index in [1.165, 1.54) is 211 Å². The summed E-state index contributed by atoms with van der Waals surface area (Å²) in [6.07, 6.45) is 0. The molecule has 20 aromatic carbocycles. The summed E-state index contributed by atoms with van der Waals surface area (Å²) in [6, 6.07) is 186. The summed E-state index contributed by atoms with van der Waals surface area (Å²) in [6.45, 7) is 2.16. The van der Waals surface area contributed by atoms with Crippen LogP contribution in [0.4, 0.5) is 0 Å². The molecule has 20 aromatic rings. The molecule has 0 saturated heterocycles. The minimum atomic E-state index is -0.637. The van der Waals surface area contributed by atoms with Gasteiger partial charge in [0.25, 0.3) is 0 Å². The third-order valence-corrected chi connectivity index (χ3v) is 28.2. The van der Waals surface area contributed by atoms with Gasteiger partial charge in [0.05, 0.1) is 21.7 Å². The van der Waals surface area contributed by atoms with Gasteiger partial charge in [0, 0.05) is 0 Å². The van der Waals surface area contributed by atoms with E-state index >= 15 is 0 Å². The van der Waals surface area contributed by atoms with Crippen molar-refractivity contribution in [2.75, 3.05) is 0 Å². The van der Waals surface area contributed by atoms with Gasteiger partial charge in [-0.25, -0.2) is 0 Å². The molecule has 125 heavy (non-hydrogen) atoms. The van der Waals surface area contributed by atoms with Crippen LogP contribution in [0.25, 0.3) is 122 Å². The summed E-state index contributed by atoms with van der Waals surface area (Å²) in [5.41, 5.74) is 46.0. The van der Waals surface area contributed by atoms with Gasteiger partial charge >= 0.3 is 0 Å². The van der Waals surface area contributed by atoms with E-state index in [2.05, 4.69) is 498 Å². The van der Waals surface area contributed by atoms with Crippen LogP contribution in [0.5, 0.6) is 0 Å². The lowest BCUT2D eigenvalue weighted by Gasteiger charge is -2.34. The van der Waals surface area contributed by atoms with Crippen LogP contribution in [0.3, 0.4) is 0 Å². The Balaban J connectivity index is 0.563. The molecular weight excluding hydrogens is 1500 g/mol. The van der Waals surface area contributed by atoms with Crippen LogP contribution in [0.15, 0.2) is 491 Å². The molecule has 0 N–H and O–H groups in total. The zero-order valence-electron chi connectivity index (χ0n) is 69.3. The van der Waals surface area contributed by atoms with Gasteiger partial charge in [0.15, 0.2) is 0 Å². The van der Waals surface area contributed by atoms with Crippen LogP contribution in [0.1, 0.15) is 94.6 Å². The molecule has 0 aromatic heterocycles. The molecule has 0 spiro atoms. The van der Waals surface area contributed by atoms with E-state index in [0.29, 0.717) is 0 Å². The van der Waals surface area contributed by atoms with Crippen molar-refractivity contribution in [3.05, 3.63) is 586 Å². The first-order valence-corrected chi connectivity index (χ1v) is 43.8. The fraction of sp³-hybridized carbons (Fsp3) is 0.0400. The molecular formula is C125H84. The Morgan fingerprint density at radius 2 is 0.248 bits per heavy atom. The van der Waals surface area contributed by atoms with Gasteiger partial charge in [-0.05, 0) is 261 Å². The highest BCUT2D eigenvalue weighted by molar-refractivity contribution is 5.96. The van der Waals surface area contributed by atoms with Gasteiger partial charge in [-0.2, -0.15) is 0 Å². The highest BCUT2D eigenvalue weighted by atomic mass is 14.5. The summed E-state index contributed by atoms with van der Waals surface area (Å²) in [7, 11) is 0. The van der Waals surface area contributed by atoms with Crippen LogP contribution in [-0.4, -0.2) is 0 Å². The number of hydrogen-bond acceptors (Lipinski definition) is 0. The molecule has 0 saturated carbocycles. The lowest BCUT2D eigenvalue weighted by atomic mass is 9.67. The first-order valence-electron chi connectivity index (χ1n) is 43.8. The molecule has 0 bridgehead atoms. The number of hydrogen-bond donors (Lipinski definition) is 0. The van der Waals surface area contributed by atoms with Crippen LogP contribution < -0.4 is 0 Å². The van der Waals surface area contributed by atoms with Gasteiger partial charge in [-0.3, -0.25) is 0 Å². The van der Waals surface area contributed by atoms with Crippen molar-refractivity contribution < 1.29 is 0 Å². The molecule has 0 unspecified atom stereocenters. The number of benzene rings is 20. The predicted molar refractivity (Wildman–Crippen MR) is 518 cm³/mol. The van der Waals surface area contributed by atoms with E-state index < -0.39 is 21.7 Å². The van der Waals surface area contributed by atoms with Gasteiger partial charge in [0.2, 0.25) is 0 Å². The Bertz CT molecular complexity index is 7370. The molecule has 0 fully saturated rings. The average Bonchev–Trinajstić information content (AvgIpc) is 1.56. The normalized spacial score (nSPS) is 13.9. The maximum Gasteiger partial charge on any atom is 0.0713 e. The Kier molecular flexibility index (Phi) is 17.2. The Morgan fingerprint density at radius 1 is 0.112 bits per heavy atom. The van der Waals surface area contributed by atoms with Gasteiger partial charge in [-0.15, -0.1) is 0 Å². The van der Waals surface area contributed by atoms with E-state index in [9.17, 15) is 0 Å². The fourth-order valence-corrected chi connectivity index (χ4v) is 22.5. The largest absolute Gasteiger partial charge is 0.0713 e. The average molecular weight is 1590 g/mol. The number of rotatable bonds is 15. The third kappa shape index (κ3) is 11.2. The maximum absolute atomic E-state index is 2.50. The molecule has 0 aliphatic heterocycles. The highest BCUT2D eigenvalue weighted by Crippen LogP contribution is 2.63. The smallest absolute Gasteiger partial charge is 0.0622 e. The van der Waals surface area contributed by atoms with Gasteiger partial charge in [0.1, 0.15) is 0 Å². The Labute approximate surface area is 731 Å². The van der Waals surface area contributed by atoms with E-state index in [4.69, 9.17) is 0 Å². The molecule has 0 heteroatoms. The van der Waals surface area contributed by atoms with Gasteiger partial charge in [-0.1, -0.05) is 454 Å². The minimum absolute atomic E-state index is 0.477. The van der Waals surface area contributed by atoms with E-state index in [-0.39, 0.29) is 0 Å². The van der Waals surface area contributed by atoms with Crippen molar-refractivity contribution in [1.82, 2.24) is 0 Å². The van der Waals surface area contributed by atoms with Crippen molar-refractivity contribution in [3.8, 4) is 122 Å². The molecule has 0 nitrogen and oxygen atoms in total. The molecule has 0 heterocycles. The van der Waals surface area contributed by atoms with Crippen LogP contribution in [0, 0.1) is 6.92 Å². The SMILES string of the molecule is Cc1ccc(-c2ccc3c(c2)C(c2ccccc2)(c2ccccc2)c2cc(-c4ccc(-c5ccc6c(c5)C(c5ccccc5)(c5ccccc5)c5cc(-c7ccc(-c8ccc9c(c8)C(c8ccccc8)(c8ccccc8)c8cc(-c%10ccc(-c%11ccc%12c(c%11)C(c%11ccccc%11)(c%11ccccc%11)c%11ccccc%11-%12)cc%10)ccc8-9)cc7)ccc5-6)cc4)ccc2-3)cc1. The predicted octanol–water partition coefficient (Wildman–Crippen LogP) is 31.1. The van der Waals surface area contributed by atoms with Crippen molar-refractivity contribution in [3.63, 3.8) is 0 Å². The summed E-state index contributed by atoms with van der Waals surface area (Å²) >= 11 is 0. The maximum atomic E-state index is 2.50. The van der Waals surface area contributed by atoms with Crippen molar-refractivity contribution in [2.45, 2.75) is 28.6 Å². The monoisotopic (exact) mass is 1580 g/mol. The van der Waals surface area contributed by atoms with Crippen LogP contribution in [-0.2, 0) is 21.7 Å². The number of aryl methyl sites for hydroxylation is 1. The summed E-state index contributed by atoms with van der Waals surface area (Å²) < 4.78 is 0. The molecule has 4 aliphatic rings. The van der Waals surface area contributed by atoms with Crippen LogP contribution >= 0.6 is 0 Å². The fourth-order valence-electron chi connectivity index (χ4n) is 22.5. The standard InChI is InChI=1S/C125H84/c1-83-46-48-84(49-47-83)91-63-70-108-109-71-64-93(78-117(109)123(116(108)77-91,100-32-14-4-15-33-100)101-34-16-5-17-35-101)87-54-56-88(57-55-87)95-67-74-112-113-75-68-97(82-121(113)125(120(112)81-95,104-40-22-8-23-41-104)105-42-24-9-25-43-105)90-60-58-89(59-61-90)96-66-73-111-110-72-65-94(79-118(110)124(119(111)80-96,102-36-18-6-19-37-102)103-38-20-7-21-39-103)86-52-50-85(51-53-86)92-62-69-107-106-44-26-27-45-114(106)122(115(107)76-92,98-28-10-2-11-29-98)99-30-12-3-13-31-99/h2-82H,1H3. The molecule has 24 rings (SSSR count). The zero-order valence-corrected chi connectivity index (χ0v) is 69.3. The van der Waals surface area contributed by atoms with E-state index in [0.717, 1.165) is 5.56 Å². The third-order valence-electron chi connectivity index (χ3n) is 28.2. The van der Waals surface area contributed by atoms with Gasteiger partial charge < -0.3 is 0 Å². The summed E-state index contributed by atoms with van der Waals surface area (Å²) in [4.78, 5) is 0. The zero-order chi connectivity index (χ0) is 82.8. The molecule has 584 valence electrons. The van der Waals surface area contributed by atoms with Crippen molar-refractivity contribution >= 4 is 0 Å². The topological polar surface area (TPSA) is 0 Å². The van der Waals surface area contributed by atoms with E-state index in [1.54, 1.807) is 0 Å². The quantitative estimate of drug-likeness (QED) is 0.0960. The lowest BCUT2D eigenvalue weighted by molar-refractivity contribution is 0.769. The minimum Gasteiger partial charge on any atom is -0.0622 e. The molecule has 0 atom stereocenters. The first-order chi connectivity index (χ1) is 61.8. The van der Waals surface area contributed by atoms with Crippen molar-refractivity contribution in [1.29, 1.82) is 0 Å². The second-order valence-electron chi connectivity index (χ2n) is 34.4. The van der Waals surface area contributed by atoms with E-state index in [1.807, 2.05) is 0 Å². The Hall–Kier alpha value is -15.6. The second kappa shape index (κ2) is 29.4. The molecule has 0 radical (unpaired) electrons. The summed E-state index contributed by atoms with van der Waals surface area (Å²) in [5, 5.41) is 0. The summed E-state index contributed by atoms with van der Waals surface area (Å²) in [5.74, 6) is 0. The van der Waals surface area contributed by atoms with Crippen LogP contribution in [0.2, 0.25) is 0 Å². The lowest BCUT2D eigenvalue weighted by Crippen LogP contribution is -2.28. The highest BCUT2D eigenvalue weighted by Gasteiger charge is 2.51. The Morgan fingerprint density at radius 3 is 0.432 bits per heavy atom. The second-order valence-corrected chi connectivity index (χ2v) is 34.4. The van der Waals surface area contributed by atoms with Crippen molar-refractivity contribution in [2.24, 2.45) is 0 Å².